The van der Waals surface area contributed by atoms with Gasteiger partial charge in [-0.05, 0) is 25.0 Å². The molecule has 0 aromatic heterocycles. The van der Waals surface area contributed by atoms with E-state index in [1.54, 1.807) is 6.08 Å². The number of sulfone groups is 1. The molecule has 0 spiro atoms. The van der Waals surface area contributed by atoms with Crippen LogP contribution in [0, 0.1) is 12.8 Å². The molecule has 0 aliphatic carbocycles. The number of hydrogen-bond donors (Lipinski definition) is 2. The van der Waals surface area contributed by atoms with E-state index in [-0.39, 0.29) is 11.5 Å². The fourth-order valence-electron chi connectivity index (χ4n) is 2.12. The van der Waals surface area contributed by atoms with Gasteiger partial charge in [0, 0.05) is 6.08 Å². The number of carbonyl (C=O) groups excluding carboxylic acids is 2. The van der Waals surface area contributed by atoms with E-state index in [4.69, 9.17) is 0 Å². The summed E-state index contributed by atoms with van der Waals surface area (Å²) in [6.45, 7) is 1.97. The quantitative estimate of drug-likeness (QED) is 0.629. The van der Waals surface area contributed by atoms with Gasteiger partial charge in [-0.1, -0.05) is 29.8 Å². The van der Waals surface area contributed by atoms with E-state index in [1.807, 2.05) is 31.2 Å². The summed E-state index contributed by atoms with van der Waals surface area (Å²) in [4.78, 5) is 23.3. The van der Waals surface area contributed by atoms with Gasteiger partial charge in [-0.15, -0.1) is 0 Å². The minimum absolute atomic E-state index is 0.0202. The number of hydrogen-bond acceptors (Lipinski definition) is 4. The third-order valence-electron chi connectivity index (χ3n) is 3.42. The maximum atomic E-state index is 11.7. The molecule has 1 atom stereocenters. The lowest BCUT2D eigenvalue weighted by Gasteiger charge is -2.09. The monoisotopic (exact) mass is 322 g/mol. The first kappa shape index (κ1) is 16.2. The summed E-state index contributed by atoms with van der Waals surface area (Å²) in [5.74, 6) is -1.68. The smallest absolute Gasteiger partial charge is 0.262 e. The molecule has 2 N–H and O–H groups in total. The van der Waals surface area contributed by atoms with Crippen molar-refractivity contribution >= 4 is 27.7 Å². The molecule has 0 radical (unpaired) electrons. The van der Waals surface area contributed by atoms with Crippen molar-refractivity contribution in [2.75, 3.05) is 11.5 Å². The summed E-state index contributed by atoms with van der Waals surface area (Å²) in [6, 6.07) is 7.61. The first-order valence-corrected chi connectivity index (χ1v) is 8.73. The average molecular weight is 322 g/mol. The lowest BCUT2D eigenvalue weighted by Crippen LogP contribution is -2.44. The minimum Gasteiger partial charge on any atom is -0.273 e. The first-order chi connectivity index (χ1) is 10.4. The normalized spacial score (nSPS) is 20.0. The van der Waals surface area contributed by atoms with Crippen LogP contribution in [0.15, 0.2) is 30.3 Å². The Hall–Kier alpha value is -2.15. The molecule has 1 aliphatic rings. The van der Waals surface area contributed by atoms with Crippen molar-refractivity contribution in [2.24, 2.45) is 5.92 Å². The highest BCUT2D eigenvalue weighted by molar-refractivity contribution is 7.91. The Morgan fingerprint density at radius 1 is 1.18 bits per heavy atom. The van der Waals surface area contributed by atoms with Crippen molar-refractivity contribution in [2.45, 2.75) is 13.3 Å². The van der Waals surface area contributed by atoms with E-state index in [1.165, 1.54) is 6.08 Å². The van der Waals surface area contributed by atoms with Gasteiger partial charge in [0.15, 0.2) is 9.84 Å². The first-order valence-electron chi connectivity index (χ1n) is 6.91. The third kappa shape index (κ3) is 4.70. The summed E-state index contributed by atoms with van der Waals surface area (Å²) >= 11 is 0. The molecule has 0 bridgehead atoms. The number of nitrogens with one attached hydrogen (secondary N) is 2. The van der Waals surface area contributed by atoms with Crippen LogP contribution in [-0.4, -0.2) is 31.7 Å². The van der Waals surface area contributed by atoms with Gasteiger partial charge < -0.3 is 0 Å². The summed E-state index contributed by atoms with van der Waals surface area (Å²) in [5.41, 5.74) is 6.50. The fourth-order valence-corrected chi connectivity index (χ4v) is 3.86. The molecule has 1 aliphatic heterocycles. The van der Waals surface area contributed by atoms with Crippen molar-refractivity contribution in [3.05, 3.63) is 41.5 Å². The second kappa shape index (κ2) is 6.74. The molecule has 2 rings (SSSR count). The highest BCUT2D eigenvalue weighted by atomic mass is 32.2. The van der Waals surface area contributed by atoms with Crippen molar-refractivity contribution in [1.82, 2.24) is 10.9 Å². The van der Waals surface area contributed by atoms with Gasteiger partial charge in [-0.3, -0.25) is 20.4 Å². The van der Waals surface area contributed by atoms with Crippen LogP contribution in [0.2, 0.25) is 0 Å². The molecule has 1 saturated heterocycles. The van der Waals surface area contributed by atoms with Gasteiger partial charge in [-0.2, -0.15) is 0 Å². The Morgan fingerprint density at radius 2 is 1.86 bits per heavy atom. The number of amides is 2. The molecule has 2 amide bonds. The molecule has 6 nitrogen and oxygen atoms in total. The minimum atomic E-state index is -3.12. The fraction of sp³-hybridized carbons (Fsp3) is 0.333. The van der Waals surface area contributed by atoms with E-state index in [9.17, 15) is 18.0 Å². The summed E-state index contributed by atoms with van der Waals surface area (Å²) < 4.78 is 22.6. The van der Waals surface area contributed by atoms with Crippen molar-refractivity contribution in [3.8, 4) is 0 Å². The van der Waals surface area contributed by atoms with E-state index in [0.717, 1.165) is 11.1 Å². The van der Waals surface area contributed by atoms with E-state index >= 15 is 0 Å². The molecule has 7 heteroatoms. The van der Waals surface area contributed by atoms with Crippen molar-refractivity contribution < 1.29 is 18.0 Å². The molecule has 0 unspecified atom stereocenters. The topological polar surface area (TPSA) is 92.3 Å². The molecule has 1 aromatic carbocycles. The van der Waals surface area contributed by atoms with Crippen LogP contribution in [0.3, 0.4) is 0 Å². The van der Waals surface area contributed by atoms with Crippen LogP contribution >= 0.6 is 0 Å². The molecule has 0 saturated carbocycles. The Bertz CT molecular complexity index is 693. The number of aryl methyl sites for hydroxylation is 1. The SMILES string of the molecule is Cc1ccc(/C=C/C(=O)NNC(=O)[C@H]2CCS(=O)(=O)C2)cc1. The van der Waals surface area contributed by atoms with E-state index in [2.05, 4.69) is 10.9 Å². The Kier molecular flexibility index (Phi) is 4.97. The Morgan fingerprint density at radius 3 is 2.45 bits per heavy atom. The maximum absolute atomic E-state index is 11.7. The van der Waals surface area contributed by atoms with Crippen molar-refractivity contribution in [1.29, 1.82) is 0 Å². The summed E-state index contributed by atoms with van der Waals surface area (Å²) in [6.07, 6.45) is 3.22. The van der Waals surface area contributed by atoms with Crippen LogP contribution in [0.4, 0.5) is 0 Å². The molecule has 1 fully saturated rings. The predicted octanol–water partition coefficient (Wildman–Crippen LogP) is 0.590. The molecular weight excluding hydrogens is 304 g/mol. The predicted molar refractivity (Wildman–Crippen MR) is 83.3 cm³/mol. The van der Waals surface area contributed by atoms with Gasteiger partial charge in [0.05, 0.1) is 17.4 Å². The van der Waals surface area contributed by atoms with Crippen LogP contribution in [0.5, 0.6) is 0 Å². The Balaban J connectivity index is 1.80. The van der Waals surface area contributed by atoms with E-state index < -0.39 is 27.6 Å². The van der Waals surface area contributed by atoms with Crippen LogP contribution < -0.4 is 10.9 Å². The zero-order valence-corrected chi connectivity index (χ0v) is 13.0. The van der Waals surface area contributed by atoms with Gasteiger partial charge in [0.25, 0.3) is 5.91 Å². The standard InChI is InChI=1S/C15H18N2O4S/c1-11-2-4-12(5-3-11)6-7-14(18)16-17-15(19)13-8-9-22(20,21)10-13/h2-7,13H,8-10H2,1H3,(H,16,18)(H,17,19)/b7-6+/t13-/m0/s1. The molecule has 1 heterocycles. The van der Waals surface area contributed by atoms with Gasteiger partial charge >= 0.3 is 0 Å². The summed E-state index contributed by atoms with van der Waals surface area (Å²) in [5, 5.41) is 0. The molecule has 1 aromatic rings. The van der Waals surface area contributed by atoms with Gasteiger partial charge in [-0.25, -0.2) is 8.42 Å². The molecular formula is C15H18N2O4S. The largest absolute Gasteiger partial charge is 0.273 e. The number of rotatable bonds is 3. The lowest BCUT2D eigenvalue weighted by atomic mass is 10.1. The summed E-state index contributed by atoms with van der Waals surface area (Å²) in [7, 11) is -3.12. The van der Waals surface area contributed by atoms with Crippen LogP contribution in [0.25, 0.3) is 6.08 Å². The van der Waals surface area contributed by atoms with E-state index in [0.29, 0.717) is 6.42 Å². The van der Waals surface area contributed by atoms with Gasteiger partial charge in [0.1, 0.15) is 0 Å². The van der Waals surface area contributed by atoms with Crippen LogP contribution in [0.1, 0.15) is 17.5 Å². The van der Waals surface area contributed by atoms with Gasteiger partial charge in [0.2, 0.25) is 5.91 Å². The van der Waals surface area contributed by atoms with Crippen LogP contribution in [-0.2, 0) is 19.4 Å². The highest BCUT2D eigenvalue weighted by Gasteiger charge is 2.32. The second-order valence-electron chi connectivity index (χ2n) is 5.32. The maximum Gasteiger partial charge on any atom is 0.262 e. The molecule has 118 valence electrons. The average Bonchev–Trinajstić information content (AvgIpc) is 2.84. The zero-order valence-electron chi connectivity index (χ0n) is 12.2. The van der Waals surface area contributed by atoms with Crippen molar-refractivity contribution in [3.63, 3.8) is 0 Å². The Labute approximate surface area is 129 Å². The zero-order chi connectivity index (χ0) is 16.2. The second-order valence-corrected chi connectivity index (χ2v) is 7.55. The number of carbonyl (C=O) groups is 2. The highest BCUT2D eigenvalue weighted by Crippen LogP contribution is 2.17. The number of hydrazine groups is 1. The lowest BCUT2D eigenvalue weighted by molar-refractivity contribution is -0.129. The third-order valence-corrected chi connectivity index (χ3v) is 5.18. The molecule has 22 heavy (non-hydrogen) atoms. The number of benzene rings is 1.